The van der Waals surface area contributed by atoms with Crippen LogP contribution in [0.15, 0.2) is 0 Å². The number of hydrogen-bond donors (Lipinski definition) is 0. The Bertz CT molecular complexity index is 76.6. The van der Waals surface area contributed by atoms with Crippen molar-refractivity contribution in [1.29, 1.82) is 0 Å². The summed E-state index contributed by atoms with van der Waals surface area (Å²) < 4.78 is 0. The van der Waals surface area contributed by atoms with Crippen LogP contribution in [0.2, 0.25) is 0 Å². The number of rotatable bonds is 6. The Kier molecular flexibility index (Phi) is 6.24. The molecule has 70 valence electrons. The first-order chi connectivity index (χ1) is 5.24. The van der Waals surface area contributed by atoms with Crippen molar-refractivity contribution in [1.82, 2.24) is 0 Å². The van der Waals surface area contributed by atoms with E-state index in [0.29, 0.717) is 0 Å². The van der Waals surface area contributed by atoms with Gasteiger partial charge in [0.1, 0.15) is 0 Å². The van der Waals surface area contributed by atoms with E-state index in [9.17, 15) is 0 Å². The van der Waals surface area contributed by atoms with E-state index in [-0.39, 0.29) is 0 Å². The molecule has 0 aliphatic heterocycles. The van der Waals surface area contributed by atoms with Gasteiger partial charge in [0, 0.05) is 0 Å². The maximum absolute atomic E-state index is 2.40. The minimum absolute atomic E-state index is 0.738. The van der Waals surface area contributed by atoms with Crippen molar-refractivity contribution in [3.8, 4) is 0 Å². The van der Waals surface area contributed by atoms with Crippen LogP contribution < -0.4 is 0 Å². The molecule has 0 heterocycles. The van der Waals surface area contributed by atoms with Crippen LogP contribution >= 0.6 is 7.26 Å². The first-order valence-corrected chi connectivity index (χ1v) is 8.07. The third-order valence-electron chi connectivity index (χ3n) is 3.31. The van der Waals surface area contributed by atoms with Crippen molar-refractivity contribution < 1.29 is 0 Å². The van der Waals surface area contributed by atoms with E-state index in [1.165, 1.54) is 31.3 Å². The summed E-state index contributed by atoms with van der Waals surface area (Å²) in [4.78, 5) is 0. The molecule has 0 unspecified atom stereocenters. The van der Waals surface area contributed by atoms with Crippen molar-refractivity contribution in [3.63, 3.8) is 0 Å². The van der Waals surface area contributed by atoms with Crippen molar-refractivity contribution in [2.24, 2.45) is 0 Å². The van der Waals surface area contributed by atoms with Crippen molar-refractivity contribution in [2.45, 2.75) is 40.5 Å². The second-order valence-corrected chi connectivity index (χ2v) is 9.29. The van der Waals surface area contributed by atoms with E-state index in [2.05, 4.69) is 27.7 Å². The first-order valence-electron chi connectivity index (χ1n) is 5.24. The quantitative estimate of drug-likeness (QED) is 0.542. The molecular formula is C10H25P. The van der Waals surface area contributed by atoms with E-state index < -0.39 is 7.26 Å². The van der Waals surface area contributed by atoms with Crippen LogP contribution in [-0.2, 0) is 0 Å². The molecule has 0 saturated carbocycles. The third-order valence-corrected chi connectivity index (χ3v) is 9.22. The second-order valence-electron chi connectivity index (χ2n) is 3.66. The Hall–Kier alpha value is 0.430. The topological polar surface area (TPSA) is 0 Å². The van der Waals surface area contributed by atoms with Gasteiger partial charge in [0.25, 0.3) is 0 Å². The fourth-order valence-electron chi connectivity index (χ4n) is 1.83. The fourth-order valence-corrected chi connectivity index (χ4v) is 5.50. The standard InChI is InChI=1S/C10H25P/c1-5-9-10-11(6-2,7-3)8-4/h11H,5-10H2,1-4H3. The van der Waals surface area contributed by atoms with Crippen LogP contribution in [-0.4, -0.2) is 24.6 Å². The predicted octanol–water partition coefficient (Wildman–Crippen LogP) is 3.60. The van der Waals surface area contributed by atoms with Gasteiger partial charge in [0.05, 0.1) is 0 Å². The summed E-state index contributed by atoms with van der Waals surface area (Å²) in [6, 6.07) is 0. The average molecular weight is 176 g/mol. The molecule has 0 aromatic carbocycles. The second kappa shape index (κ2) is 6.00. The summed E-state index contributed by atoms with van der Waals surface area (Å²) in [5.41, 5.74) is 0. The Balaban J connectivity index is 3.84. The molecule has 0 radical (unpaired) electrons. The van der Waals surface area contributed by atoms with Crippen LogP contribution in [0.25, 0.3) is 0 Å². The Morgan fingerprint density at radius 3 is 1.55 bits per heavy atom. The molecule has 0 bridgehead atoms. The van der Waals surface area contributed by atoms with Gasteiger partial charge in [-0.25, -0.2) is 0 Å². The third kappa shape index (κ3) is 3.56. The molecule has 0 rings (SSSR count). The van der Waals surface area contributed by atoms with Gasteiger partial charge in [-0.2, -0.15) is 0 Å². The molecule has 0 nitrogen and oxygen atoms in total. The van der Waals surface area contributed by atoms with E-state index in [1.54, 1.807) is 6.16 Å². The molecule has 11 heavy (non-hydrogen) atoms. The summed E-state index contributed by atoms with van der Waals surface area (Å²) in [7, 11) is -0.738. The molecule has 0 aliphatic rings. The summed E-state index contributed by atoms with van der Waals surface area (Å²) in [6.07, 6.45) is 8.93. The molecule has 0 spiro atoms. The Morgan fingerprint density at radius 2 is 1.27 bits per heavy atom. The van der Waals surface area contributed by atoms with Gasteiger partial charge >= 0.3 is 72.4 Å². The van der Waals surface area contributed by atoms with Crippen molar-refractivity contribution in [2.75, 3.05) is 24.6 Å². The zero-order valence-corrected chi connectivity index (χ0v) is 9.74. The minimum atomic E-state index is -0.738. The fraction of sp³-hybridized carbons (Fsp3) is 1.00. The van der Waals surface area contributed by atoms with Gasteiger partial charge in [-0.15, -0.1) is 0 Å². The monoisotopic (exact) mass is 176 g/mol. The van der Waals surface area contributed by atoms with E-state index in [4.69, 9.17) is 0 Å². The summed E-state index contributed by atoms with van der Waals surface area (Å²) in [5, 5.41) is 0. The van der Waals surface area contributed by atoms with Crippen LogP contribution in [0.4, 0.5) is 0 Å². The average Bonchev–Trinajstić information content (AvgIpc) is 2.08. The normalized spacial score (nSPS) is 13.5. The van der Waals surface area contributed by atoms with E-state index in [1.807, 2.05) is 0 Å². The number of unbranched alkanes of at least 4 members (excludes halogenated alkanes) is 1. The van der Waals surface area contributed by atoms with Crippen molar-refractivity contribution >= 4 is 7.26 Å². The Labute approximate surface area is 73.1 Å². The predicted molar refractivity (Wildman–Crippen MR) is 59.7 cm³/mol. The van der Waals surface area contributed by atoms with Crippen LogP contribution in [0.1, 0.15) is 40.5 Å². The summed E-state index contributed by atoms with van der Waals surface area (Å²) in [6.45, 7) is 9.50. The van der Waals surface area contributed by atoms with Gasteiger partial charge in [-0.05, 0) is 0 Å². The molecule has 0 saturated heterocycles. The van der Waals surface area contributed by atoms with Gasteiger partial charge in [-0.1, -0.05) is 0 Å². The van der Waals surface area contributed by atoms with Gasteiger partial charge in [-0.3, -0.25) is 0 Å². The molecule has 0 atom stereocenters. The molecule has 0 aliphatic carbocycles. The number of hydrogen-bond acceptors (Lipinski definition) is 0. The van der Waals surface area contributed by atoms with Gasteiger partial charge < -0.3 is 0 Å². The van der Waals surface area contributed by atoms with Crippen LogP contribution in [0, 0.1) is 0 Å². The molecule has 0 amide bonds. The Morgan fingerprint density at radius 1 is 0.818 bits per heavy atom. The summed E-state index contributed by atoms with van der Waals surface area (Å²) in [5.74, 6) is 0. The molecule has 0 fully saturated rings. The zero-order chi connectivity index (χ0) is 8.74. The molecule has 0 N–H and O–H groups in total. The SMILES string of the molecule is CCCC[PH](CC)(CC)CC. The van der Waals surface area contributed by atoms with Crippen LogP contribution in [0.3, 0.4) is 0 Å². The van der Waals surface area contributed by atoms with Gasteiger partial charge in [0.15, 0.2) is 0 Å². The zero-order valence-electron chi connectivity index (χ0n) is 8.74. The van der Waals surface area contributed by atoms with Crippen LogP contribution in [0.5, 0.6) is 0 Å². The first kappa shape index (κ1) is 11.4. The van der Waals surface area contributed by atoms with Crippen molar-refractivity contribution in [3.05, 3.63) is 0 Å². The van der Waals surface area contributed by atoms with Gasteiger partial charge in [0.2, 0.25) is 0 Å². The molecule has 0 aromatic rings. The van der Waals surface area contributed by atoms with E-state index in [0.717, 1.165) is 0 Å². The maximum atomic E-state index is 2.40. The summed E-state index contributed by atoms with van der Waals surface area (Å²) >= 11 is 0. The van der Waals surface area contributed by atoms with E-state index >= 15 is 0 Å². The molecule has 0 aromatic heterocycles. The molecular weight excluding hydrogens is 151 g/mol. The molecule has 1 heteroatoms.